The standard InChI is InChI=1S/C24H24F2N2O8/c1-3-11(31)9(7-29)27-21-17-18(22(20(26)19(21)25)28-10(8-30)12(32)4-2)24(36)16-14(34)6-5-13(33)15(16)23(17)35/h3-6,9-12,27-34H,1-2,7-8H2. The molecule has 3 rings (SSSR count). The first-order valence-corrected chi connectivity index (χ1v) is 10.6. The summed E-state index contributed by atoms with van der Waals surface area (Å²) in [4.78, 5) is 27.0. The number of carbonyl (C=O) groups is 2. The number of benzene rings is 2. The molecule has 12 heteroatoms. The van der Waals surface area contributed by atoms with E-state index in [1.54, 1.807) is 0 Å². The number of fused-ring (bicyclic) bond motifs is 2. The van der Waals surface area contributed by atoms with E-state index in [1.807, 2.05) is 0 Å². The second kappa shape index (κ2) is 10.4. The fourth-order valence-corrected chi connectivity index (χ4v) is 3.88. The Hall–Kier alpha value is -3.84. The van der Waals surface area contributed by atoms with Gasteiger partial charge < -0.3 is 41.3 Å². The average Bonchev–Trinajstić information content (AvgIpc) is 2.87. The molecule has 0 bridgehead atoms. The van der Waals surface area contributed by atoms with Crippen molar-refractivity contribution >= 4 is 22.9 Å². The van der Waals surface area contributed by atoms with Gasteiger partial charge in [-0.25, -0.2) is 8.78 Å². The van der Waals surface area contributed by atoms with Gasteiger partial charge in [0.15, 0.2) is 11.6 Å². The lowest BCUT2D eigenvalue weighted by Gasteiger charge is -2.30. The number of halogens is 2. The molecule has 0 saturated carbocycles. The predicted octanol–water partition coefficient (Wildman–Crippen LogP) is 0.791. The van der Waals surface area contributed by atoms with E-state index < -0.39 is 106 Å². The molecule has 4 atom stereocenters. The molecular weight excluding hydrogens is 482 g/mol. The van der Waals surface area contributed by atoms with Crippen LogP contribution in [-0.4, -0.2) is 79.7 Å². The Labute approximate surface area is 203 Å². The lowest BCUT2D eigenvalue weighted by Crippen LogP contribution is -2.39. The summed E-state index contributed by atoms with van der Waals surface area (Å²) in [5.41, 5.74) is -4.75. The summed E-state index contributed by atoms with van der Waals surface area (Å²) in [6, 6.07) is -0.934. The summed E-state index contributed by atoms with van der Waals surface area (Å²) < 4.78 is 30.8. The largest absolute Gasteiger partial charge is 0.507 e. The Balaban J connectivity index is 2.39. The van der Waals surface area contributed by atoms with E-state index in [-0.39, 0.29) is 0 Å². The van der Waals surface area contributed by atoms with Crippen molar-refractivity contribution in [3.63, 3.8) is 0 Å². The highest BCUT2D eigenvalue weighted by Crippen LogP contribution is 2.45. The number of aliphatic hydroxyl groups excluding tert-OH is 4. The number of aromatic hydroxyl groups is 2. The first-order chi connectivity index (χ1) is 17.0. The van der Waals surface area contributed by atoms with Crippen molar-refractivity contribution in [1.82, 2.24) is 0 Å². The zero-order valence-corrected chi connectivity index (χ0v) is 18.7. The monoisotopic (exact) mass is 506 g/mol. The van der Waals surface area contributed by atoms with E-state index in [1.165, 1.54) is 0 Å². The van der Waals surface area contributed by atoms with E-state index in [0.717, 1.165) is 24.3 Å². The van der Waals surface area contributed by atoms with Crippen LogP contribution in [0.15, 0.2) is 37.4 Å². The number of phenolic OH excluding ortho intramolecular Hbond substituents is 2. The van der Waals surface area contributed by atoms with Gasteiger partial charge in [0.05, 0.1) is 71.1 Å². The molecule has 2 aromatic rings. The van der Waals surface area contributed by atoms with Crippen molar-refractivity contribution in [2.24, 2.45) is 0 Å². The molecular formula is C24H24F2N2O8. The molecule has 1 aliphatic rings. The molecule has 2 aromatic carbocycles. The maximum Gasteiger partial charge on any atom is 0.200 e. The number of anilines is 2. The summed E-state index contributed by atoms with van der Waals surface area (Å²) in [5, 5.41) is 64.5. The van der Waals surface area contributed by atoms with Gasteiger partial charge in [-0.1, -0.05) is 12.2 Å². The van der Waals surface area contributed by atoms with Crippen LogP contribution in [0.2, 0.25) is 0 Å². The average molecular weight is 506 g/mol. The van der Waals surface area contributed by atoms with Crippen LogP contribution in [0.4, 0.5) is 20.2 Å². The summed E-state index contributed by atoms with van der Waals surface area (Å²) in [6.45, 7) is 5.03. The van der Waals surface area contributed by atoms with Crippen LogP contribution in [-0.2, 0) is 0 Å². The van der Waals surface area contributed by atoms with Gasteiger partial charge in [-0.2, -0.15) is 0 Å². The molecule has 0 aromatic heterocycles. The Morgan fingerprint density at radius 2 is 1.08 bits per heavy atom. The number of aliphatic hydroxyl groups is 4. The number of rotatable bonds is 10. The molecule has 0 amide bonds. The molecule has 0 radical (unpaired) electrons. The van der Waals surface area contributed by atoms with Crippen LogP contribution in [0.1, 0.15) is 31.8 Å². The van der Waals surface area contributed by atoms with Gasteiger partial charge in [0, 0.05) is 0 Å². The smallest absolute Gasteiger partial charge is 0.200 e. The van der Waals surface area contributed by atoms with Crippen LogP contribution >= 0.6 is 0 Å². The van der Waals surface area contributed by atoms with E-state index >= 15 is 8.78 Å². The fraction of sp³-hybridized carbons (Fsp3) is 0.250. The number of carbonyl (C=O) groups excluding carboxylic acids is 2. The topological polar surface area (TPSA) is 180 Å². The normalized spacial score (nSPS) is 15.8. The highest BCUT2D eigenvalue weighted by Gasteiger charge is 2.42. The van der Waals surface area contributed by atoms with Crippen LogP contribution in [0.3, 0.4) is 0 Å². The molecule has 0 aliphatic heterocycles. The van der Waals surface area contributed by atoms with Crippen LogP contribution in [0.25, 0.3) is 0 Å². The maximum atomic E-state index is 15.4. The van der Waals surface area contributed by atoms with Gasteiger partial charge in [0.2, 0.25) is 11.6 Å². The van der Waals surface area contributed by atoms with Crippen LogP contribution < -0.4 is 10.6 Å². The van der Waals surface area contributed by atoms with Crippen LogP contribution in [0.5, 0.6) is 11.5 Å². The minimum Gasteiger partial charge on any atom is -0.507 e. The Morgan fingerprint density at radius 1 is 0.750 bits per heavy atom. The fourth-order valence-electron chi connectivity index (χ4n) is 3.88. The molecule has 1 aliphatic carbocycles. The highest BCUT2D eigenvalue weighted by atomic mass is 19.2. The SMILES string of the molecule is C=CC(O)C(CO)Nc1c(F)c(F)c(NC(CO)C(O)C=C)c2c1C(=O)c1c(O)ccc(O)c1C2=O. The summed E-state index contributed by atoms with van der Waals surface area (Å²) >= 11 is 0. The third-order valence-electron chi connectivity index (χ3n) is 5.81. The number of nitrogens with one attached hydrogen (secondary N) is 2. The first-order valence-electron chi connectivity index (χ1n) is 10.6. The first kappa shape index (κ1) is 26.8. The third kappa shape index (κ3) is 4.31. The highest BCUT2D eigenvalue weighted by molar-refractivity contribution is 6.33. The predicted molar refractivity (Wildman–Crippen MR) is 124 cm³/mol. The molecule has 192 valence electrons. The number of hydrogen-bond acceptors (Lipinski definition) is 10. The van der Waals surface area contributed by atoms with Gasteiger partial charge in [0.1, 0.15) is 11.5 Å². The van der Waals surface area contributed by atoms with Crippen molar-refractivity contribution in [3.8, 4) is 11.5 Å². The third-order valence-corrected chi connectivity index (χ3v) is 5.81. The van der Waals surface area contributed by atoms with Gasteiger partial charge >= 0.3 is 0 Å². The molecule has 0 fully saturated rings. The molecule has 8 N–H and O–H groups in total. The van der Waals surface area contributed by atoms with E-state index in [9.17, 15) is 40.2 Å². The second-order valence-electron chi connectivity index (χ2n) is 7.96. The van der Waals surface area contributed by atoms with Crippen molar-refractivity contribution in [2.45, 2.75) is 24.3 Å². The summed E-state index contributed by atoms with van der Waals surface area (Å²) in [7, 11) is 0. The van der Waals surface area contributed by atoms with E-state index in [4.69, 9.17) is 0 Å². The minimum absolute atomic E-state index is 0.679. The molecule has 0 spiro atoms. The van der Waals surface area contributed by atoms with Crippen molar-refractivity contribution in [3.05, 3.63) is 71.3 Å². The van der Waals surface area contributed by atoms with E-state index in [0.29, 0.717) is 0 Å². The minimum atomic E-state index is -1.71. The number of hydrogen-bond donors (Lipinski definition) is 8. The maximum absolute atomic E-state index is 15.4. The molecule has 0 saturated heterocycles. The quantitative estimate of drug-likeness (QED) is 0.145. The molecule has 36 heavy (non-hydrogen) atoms. The lowest BCUT2D eigenvalue weighted by molar-refractivity contribution is 0.0974. The number of phenols is 2. The Morgan fingerprint density at radius 3 is 1.36 bits per heavy atom. The second-order valence-corrected chi connectivity index (χ2v) is 7.96. The van der Waals surface area contributed by atoms with E-state index in [2.05, 4.69) is 23.8 Å². The van der Waals surface area contributed by atoms with Crippen molar-refractivity contribution < 1.29 is 49.0 Å². The molecule has 0 heterocycles. The number of ketones is 2. The summed E-state index contributed by atoms with van der Waals surface area (Å²) in [6.07, 6.45) is -1.02. The Kier molecular flexibility index (Phi) is 7.74. The van der Waals surface area contributed by atoms with Gasteiger partial charge in [-0.3, -0.25) is 9.59 Å². The van der Waals surface area contributed by atoms with Gasteiger partial charge in [-0.15, -0.1) is 13.2 Å². The summed E-state index contributed by atoms with van der Waals surface area (Å²) in [5.74, 6) is -7.24. The van der Waals surface area contributed by atoms with Crippen molar-refractivity contribution in [1.29, 1.82) is 0 Å². The Bertz CT molecular complexity index is 1160. The zero-order valence-electron chi connectivity index (χ0n) is 18.7. The molecule has 4 unspecified atom stereocenters. The van der Waals surface area contributed by atoms with Crippen molar-refractivity contribution in [2.75, 3.05) is 23.8 Å². The van der Waals surface area contributed by atoms with Gasteiger partial charge in [0.25, 0.3) is 0 Å². The lowest BCUT2D eigenvalue weighted by atomic mass is 9.80. The van der Waals surface area contributed by atoms with Crippen LogP contribution in [0, 0.1) is 11.6 Å². The zero-order chi connectivity index (χ0) is 26.9. The molecule has 10 nitrogen and oxygen atoms in total. The van der Waals surface area contributed by atoms with Gasteiger partial charge in [-0.05, 0) is 12.1 Å².